The minimum absolute atomic E-state index is 0.171. The summed E-state index contributed by atoms with van der Waals surface area (Å²) in [7, 11) is 0. The van der Waals surface area contributed by atoms with Crippen molar-refractivity contribution >= 4 is 23.7 Å². The number of anilines is 1. The molecule has 2 fully saturated rings. The number of rotatable bonds is 4. The quantitative estimate of drug-likeness (QED) is 0.432. The predicted molar refractivity (Wildman–Crippen MR) is 148 cm³/mol. The number of halogens is 1. The van der Waals surface area contributed by atoms with E-state index < -0.39 is 12.2 Å². The second kappa shape index (κ2) is 8.89. The summed E-state index contributed by atoms with van der Waals surface area (Å²) in [6.07, 6.45) is 7.14. The first-order valence-electron chi connectivity index (χ1n) is 13.9. The molecule has 1 aromatic heterocycles. The van der Waals surface area contributed by atoms with Gasteiger partial charge >= 0.3 is 0 Å². The lowest BCUT2D eigenvalue weighted by atomic mass is 9.80. The lowest BCUT2D eigenvalue weighted by Crippen LogP contribution is -2.35. The third kappa shape index (κ3) is 3.91. The smallest absolute Gasteiger partial charge is 0.241 e. The average molecular weight is 512 g/mol. The molecule has 4 N–H and O–H groups in total. The van der Waals surface area contributed by atoms with Gasteiger partial charge in [0.1, 0.15) is 12.0 Å². The van der Waals surface area contributed by atoms with Gasteiger partial charge in [0.25, 0.3) is 0 Å². The number of H-pyrrole nitrogens is 1. The summed E-state index contributed by atoms with van der Waals surface area (Å²) in [5.74, 6) is 1.18. The summed E-state index contributed by atoms with van der Waals surface area (Å²) in [4.78, 5) is 21.1. The number of benzene rings is 2. The normalized spacial score (nSPS) is 26.7. The molecule has 2 aliphatic carbocycles. The highest BCUT2D eigenvalue weighted by atomic mass is 19.1. The molecule has 6 nitrogen and oxygen atoms in total. The molecule has 4 atom stereocenters. The van der Waals surface area contributed by atoms with E-state index in [2.05, 4.69) is 77.3 Å². The molecule has 3 heterocycles. The Balaban J connectivity index is 1.16. The second-order valence-corrected chi connectivity index (χ2v) is 11.8. The highest BCUT2D eigenvalue weighted by Crippen LogP contribution is 2.50. The Bertz CT molecular complexity index is 1550. The van der Waals surface area contributed by atoms with Crippen molar-refractivity contribution in [1.82, 2.24) is 20.6 Å². The van der Waals surface area contributed by atoms with Crippen LogP contribution in [0.4, 0.5) is 10.1 Å². The number of aromatic nitrogens is 2. The molecular weight excluding hydrogens is 477 g/mol. The van der Waals surface area contributed by atoms with Crippen LogP contribution in [-0.2, 0) is 10.2 Å². The summed E-state index contributed by atoms with van der Waals surface area (Å²) in [6.45, 7) is 5.81. The summed E-state index contributed by atoms with van der Waals surface area (Å²) >= 11 is 0. The van der Waals surface area contributed by atoms with Crippen molar-refractivity contribution in [2.75, 3.05) is 18.4 Å². The zero-order valence-corrected chi connectivity index (χ0v) is 21.9. The lowest BCUT2D eigenvalue weighted by Gasteiger charge is -2.24. The Labute approximate surface area is 221 Å². The Morgan fingerprint density at radius 1 is 1.11 bits per heavy atom. The molecule has 3 aromatic rings. The molecule has 1 amide bonds. The highest BCUT2D eigenvalue weighted by molar-refractivity contribution is 5.96. The first-order chi connectivity index (χ1) is 18.4. The molecule has 2 saturated heterocycles. The van der Waals surface area contributed by atoms with Crippen molar-refractivity contribution < 1.29 is 9.18 Å². The number of nitrogens with one attached hydrogen (secondary N) is 4. The first-order valence-corrected chi connectivity index (χ1v) is 13.9. The van der Waals surface area contributed by atoms with Crippen LogP contribution in [0.15, 0.2) is 36.4 Å². The predicted octanol–water partition coefficient (Wildman–Crippen LogP) is 3.53. The standard InChI is InChI=1S/C31H34FN5O/c1-31(2)23-12-17(18-6-10-25-27(13-18)37-29(36-25)26-4-3-11-33-26)5-8-21(23)22-9-7-20(15-24(22)31)35-30(38)28-14-19(32)16-34-28/h5,7-10,12-13,15,18-19,26,28,33-34H,3-4,6,11,14,16H2,1-2H3,(H,35,38)(H,36,37)/t18?,19-,26-,28-/m0/s1. The monoisotopic (exact) mass is 511 g/mol. The molecule has 7 rings (SSSR count). The number of carbonyl (C=O) groups excluding carboxylic acids is 1. The molecule has 0 bridgehead atoms. The van der Waals surface area contributed by atoms with Gasteiger partial charge < -0.3 is 20.9 Å². The van der Waals surface area contributed by atoms with E-state index in [1.54, 1.807) is 0 Å². The first kappa shape index (κ1) is 23.8. The Morgan fingerprint density at radius 3 is 2.68 bits per heavy atom. The molecule has 0 radical (unpaired) electrons. The van der Waals surface area contributed by atoms with Gasteiger partial charge in [-0.25, -0.2) is 9.37 Å². The molecule has 0 saturated carbocycles. The van der Waals surface area contributed by atoms with Crippen LogP contribution in [0, 0.1) is 0 Å². The van der Waals surface area contributed by atoms with Gasteiger partial charge in [0.05, 0.1) is 22.8 Å². The minimum Gasteiger partial charge on any atom is -0.341 e. The summed E-state index contributed by atoms with van der Waals surface area (Å²) < 4.78 is 13.6. The zero-order chi connectivity index (χ0) is 26.0. The van der Waals surface area contributed by atoms with Gasteiger partial charge in [-0.15, -0.1) is 0 Å². The minimum atomic E-state index is -0.960. The van der Waals surface area contributed by atoms with E-state index in [-0.39, 0.29) is 24.3 Å². The molecule has 1 unspecified atom stereocenters. The number of fused-ring (bicyclic) bond motifs is 4. The number of nitrogens with zero attached hydrogens (tertiary/aromatic N) is 1. The van der Waals surface area contributed by atoms with Crippen LogP contribution in [0.25, 0.3) is 23.3 Å². The van der Waals surface area contributed by atoms with E-state index in [1.807, 2.05) is 6.07 Å². The van der Waals surface area contributed by atoms with Crippen molar-refractivity contribution in [3.05, 3.63) is 69.6 Å². The Morgan fingerprint density at radius 2 is 1.92 bits per heavy atom. The van der Waals surface area contributed by atoms with Gasteiger partial charge in [-0.3, -0.25) is 4.79 Å². The van der Waals surface area contributed by atoms with Gasteiger partial charge in [0.15, 0.2) is 0 Å². The van der Waals surface area contributed by atoms with Crippen molar-refractivity contribution in [3.63, 3.8) is 0 Å². The van der Waals surface area contributed by atoms with Crippen LogP contribution in [0.1, 0.15) is 74.0 Å². The summed E-state index contributed by atoms with van der Waals surface area (Å²) in [5.41, 5.74) is 6.84. The second-order valence-electron chi connectivity index (χ2n) is 11.8. The van der Waals surface area contributed by atoms with Crippen molar-refractivity contribution in [2.45, 2.75) is 69.1 Å². The van der Waals surface area contributed by atoms with Gasteiger partial charge in [0.2, 0.25) is 5.91 Å². The van der Waals surface area contributed by atoms with Crippen LogP contribution in [0.3, 0.4) is 0 Å². The maximum absolute atomic E-state index is 13.6. The third-order valence-corrected chi connectivity index (χ3v) is 8.89. The number of carbonyl (C=O) groups is 1. The average Bonchev–Trinajstić information content (AvgIpc) is 3.70. The Kier molecular flexibility index (Phi) is 5.57. The number of imidazole rings is 1. The number of amides is 1. The SMILES string of the molecule is CC1(C)c2cc(NC(=O)[C@@H]3C[C@H](F)CN3)ccc2-c2ccc(C3C=c4[nH]c([C@@H]5CCCN5)nc4=CC3)cc21. The van der Waals surface area contributed by atoms with Gasteiger partial charge in [-0.1, -0.05) is 50.3 Å². The number of hydrogen-bond acceptors (Lipinski definition) is 4. The van der Waals surface area contributed by atoms with E-state index in [1.165, 1.54) is 34.2 Å². The van der Waals surface area contributed by atoms with Gasteiger partial charge in [0, 0.05) is 30.0 Å². The van der Waals surface area contributed by atoms with Crippen LogP contribution in [0.2, 0.25) is 0 Å². The molecule has 0 spiro atoms. The van der Waals surface area contributed by atoms with Crippen LogP contribution in [-0.4, -0.2) is 41.2 Å². The van der Waals surface area contributed by atoms with Crippen LogP contribution < -0.4 is 26.6 Å². The zero-order valence-electron chi connectivity index (χ0n) is 21.9. The van der Waals surface area contributed by atoms with E-state index in [0.717, 1.165) is 41.6 Å². The molecule has 7 heteroatoms. The maximum Gasteiger partial charge on any atom is 0.241 e. The van der Waals surface area contributed by atoms with Crippen molar-refractivity contribution in [3.8, 4) is 11.1 Å². The van der Waals surface area contributed by atoms with E-state index >= 15 is 0 Å². The number of hydrogen-bond donors (Lipinski definition) is 4. The maximum atomic E-state index is 13.6. The molecule has 38 heavy (non-hydrogen) atoms. The van der Waals surface area contributed by atoms with Crippen molar-refractivity contribution in [1.29, 1.82) is 0 Å². The molecule has 4 aliphatic rings. The number of alkyl halides is 1. The molecular formula is C31H34FN5O. The van der Waals surface area contributed by atoms with Crippen LogP contribution >= 0.6 is 0 Å². The molecule has 2 aromatic carbocycles. The molecule has 196 valence electrons. The fourth-order valence-corrected chi connectivity index (χ4v) is 6.71. The van der Waals surface area contributed by atoms with Crippen LogP contribution in [0.5, 0.6) is 0 Å². The topological polar surface area (TPSA) is 81.8 Å². The fourth-order valence-electron chi connectivity index (χ4n) is 6.71. The highest BCUT2D eigenvalue weighted by Gasteiger charge is 2.37. The van der Waals surface area contributed by atoms with Crippen molar-refractivity contribution in [2.24, 2.45) is 0 Å². The van der Waals surface area contributed by atoms with E-state index in [4.69, 9.17) is 4.98 Å². The summed E-state index contributed by atoms with van der Waals surface area (Å²) in [6, 6.07) is 12.9. The van der Waals surface area contributed by atoms with E-state index in [0.29, 0.717) is 12.0 Å². The third-order valence-electron chi connectivity index (χ3n) is 8.89. The fraction of sp³-hybridized carbons (Fsp3) is 0.419. The number of aromatic amines is 1. The van der Waals surface area contributed by atoms with E-state index in [9.17, 15) is 9.18 Å². The van der Waals surface area contributed by atoms with Gasteiger partial charge in [-0.05, 0) is 65.8 Å². The molecule has 2 aliphatic heterocycles. The Hall–Kier alpha value is -3.29. The van der Waals surface area contributed by atoms with Gasteiger partial charge in [-0.2, -0.15) is 0 Å². The largest absolute Gasteiger partial charge is 0.341 e. The summed E-state index contributed by atoms with van der Waals surface area (Å²) in [5, 5.41) is 11.7. The lowest BCUT2D eigenvalue weighted by molar-refractivity contribution is -0.117.